The third-order valence-electron chi connectivity index (χ3n) is 6.54. The van der Waals surface area contributed by atoms with E-state index in [9.17, 15) is 13.6 Å². The lowest BCUT2D eigenvalue weighted by Crippen LogP contribution is -2.53. The van der Waals surface area contributed by atoms with Gasteiger partial charge in [0.25, 0.3) is 0 Å². The molecular formula is C18H17F2N5O3. The zero-order valence-electron chi connectivity index (χ0n) is 14.9. The minimum Gasteiger partial charge on any atom is -0.416 e. The number of amides is 1. The molecule has 1 saturated carbocycles. The van der Waals surface area contributed by atoms with Crippen LogP contribution >= 0.6 is 0 Å². The molecule has 4 aliphatic rings. The number of carbonyl (C=O) groups is 1. The van der Waals surface area contributed by atoms with Gasteiger partial charge in [0, 0.05) is 31.3 Å². The maximum Gasteiger partial charge on any atom is 0.417 e. The zero-order chi connectivity index (χ0) is 19.4. The van der Waals surface area contributed by atoms with Gasteiger partial charge in [0.15, 0.2) is 11.6 Å². The molecule has 1 amide bonds. The number of nitrogens with two attached hydrogens (primary N) is 1. The van der Waals surface area contributed by atoms with E-state index in [1.165, 1.54) is 17.2 Å². The van der Waals surface area contributed by atoms with Gasteiger partial charge in [-0.15, -0.1) is 0 Å². The Balaban J connectivity index is 1.42. The number of aromatic nitrogens is 1. The van der Waals surface area contributed by atoms with Crippen molar-refractivity contribution in [2.24, 2.45) is 17.6 Å². The fourth-order valence-electron chi connectivity index (χ4n) is 4.90. The number of carbonyl (C=O) groups excluding carboxylic acids is 1. The van der Waals surface area contributed by atoms with Crippen LogP contribution in [0, 0.1) is 23.5 Å². The first-order valence-corrected chi connectivity index (χ1v) is 9.15. The number of ether oxygens (including phenoxy) is 1. The van der Waals surface area contributed by atoms with Crippen molar-refractivity contribution in [1.29, 1.82) is 0 Å². The molecule has 0 bridgehead atoms. The fraction of sp³-hybridized carbons (Fsp3) is 0.444. The number of halogens is 2. The van der Waals surface area contributed by atoms with Gasteiger partial charge in [-0.25, -0.2) is 13.6 Å². The van der Waals surface area contributed by atoms with Crippen LogP contribution in [-0.4, -0.2) is 36.4 Å². The van der Waals surface area contributed by atoms with Crippen molar-refractivity contribution in [3.8, 4) is 0 Å². The molecule has 8 nitrogen and oxygen atoms in total. The predicted octanol–water partition coefficient (Wildman–Crippen LogP) is 1.97. The summed E-state index contributed by atoms with van der Waals surface area (Å²) in [4.78, 5) is 15.9. The Kier molecular flexibility index (Phi) is 2.84. The summed E-state index contributed by atoms with van der Waals surface area (Å²) in [5.74, 6) is -0.372. The molecule has 3 fully saturated rings. The molecule has 4 heterocycles. The van der Waals surface area contributed by atoms with Crippen molar-refractivity contribution in [2.45, 2.75) is 24.7 Å². The molecule has 1 spiro atoms. The summed E-state index contributed by atoms with van der Waals surface area (Å²) in [5.41, 5.74) is 5.78. The number of anilines is 3. The SMILES string of the molecule is C[C@H]1N(c2cc(F)cc(F)c2N2CC3[C@H](N)[C@H]3C2)C(=O)O[C@]12Nc1nocc12. The molecule has 0 radical (unpaired) electrons. The summed E-state index contributed by atoms with van der Waals surface area (Å²) in [7, 11) is 0. The van der Waals surface area contributed by atoms with Gasteiger partial charge in [-0.05, 0) is 18.8 Å². The van der Waals surface area contributed by atoms with Gasteiger partial charge in [-0.3, -0.25) is 4.90 Å². The van der Waals surface area contributed by atoms with Crippen molar-refractivity contribution < 1.29 is 22.8 Å². The number of piperidine rings is 1. The monoisotopic (exact) mass is 389 g/mol. The lowest BCUT2D eigenvalue weighted by Gasteiger charge is -2.39. The molecule has 2 saturated heterocycles. The van der Waals surface area contributed by atoms with Crippen LogP contribution in [0.1, 0.15) is 12.5 Å². The molecule has 1 unspecified atom stereocenters. The van der Waals surface area contributed by atoms with Crippen LogP contribution in [0.2, 0.25) is 0 Å². The summed E-state index contributed by atoms with van der Waals surface area (Å²) in [6.07, 6.45) is 0.709. The quantitative estimate of drug-likeness (QED) is 0.811. The summed E-state index contributed by atoms with van der Waals surface area (Å²) in [6, 6.07) is 1.57. The van der Waals surface area contributed by atoms with E-state index in [4.69, 9.17) is 15.0 Å². The van der Waals surface area contributed by atoms with Crippen molar-refractivity contribution >= 4 is 23.3 Å². The van der Waals surface area contributed by atoms with Crippen LogP contribution in [0.3, 0.4) is 0 Å². The summed E-state index contributed by atoms with van der Waals surface area (Å²) < 4.78 is 39.5. The van der Waals surface area contributed by atoms with E-state index in [0.717, 1.165) is 6.07 Å². The normalized spacial score (nSPS) is 34.8. The lowest BCUT2D eigenvalue weighted by atomic mass is 9.91. The third kappa shape index (κ3) is 1.81. The number of hydrogen-bond donors (Lipinski definition) is 2. The Hall–Kier alpha value is -2.88. The first kappa shape index (κ1) is 16.1. The third-order valence-corrected chi connectivity index (χ3v) is 6.54. The van der Waals surface area contributed by atoms with Crippen LogP contribution in [0.4, 0.5) is 30.8 Å². The number of nitrogens with zero attached hydrogens (tertiary/aromatic N) is 3. The maximum atomic E-state index is 14.9. The van der Waals surface area contributed by atoms with Gasteiger partial charge in [-0.2, -0.15) is 0 Å². The second kappa shape index (κ2) is 4.93. The van der Waals surface area contributed by atoms with Gasteiger partial charge in [-0.1, -0.05) is 5.16 Å². The first-order chi connectivity index (χ1) is 13.4. The van der Waals surface area contributed by atoms with E-state index in [1.54, 1.807) is 6.92 Å². The largest absolute Gasteiger partial charge is 0.417 e. The van der Waals surface area contributed by atoms with E-state index >= 15 is 0 Å². The van der Waals surface area contributed by atoms with Crippen LogP contribution in [0.25, 0.3) is 0 Å². The molecule has 28 heavy (non-hydrogen) atoms. The molecule has 3 N–H and O–H groups in total. The topological polar surface area (TPSA) is 96.9 Å². The van der Waals surface area contributed by atoms with Crippen molar-refractivity contribution in [3.05, 3.63) is 35.6 Å². The standard InChI is InChI=1S/C18H17F2N5O3/c1-7-18(11-6-27-23-16(11)22-18)28-17(26)25(7)13-3-8(19)2-12(20)15(13)24-4-9-10(5-24)14(9)21/h2-3,6-7,9-10,14H,4-5,21H2,1H3,(H,22,23)/t7-,9+,10?,14-,18-/m1/s1. The highest BCUT2D eigenvalue weighted by Gasteiger charge is 2.62. The van der Waals surface area contributed by atoms with E-state index in [-0.39, 0.29) is 17.4 Å². The Labute approximate surface area is 158 Å². The Morgan fingerprint density at radius 1 is 1.32 bits per heavy atom. The van der Waals surface area contributed by atoms with Crippen molar-refractivity contribution in [2.75, 3.05) is 28.2 Å². The highest BCUT2D eigenvalue weighted by Crippen LogP contribution is 2.53. The molecule has 1 aliphatic carbocycles. The maximum absolute atomic E-state index is 14.9. The summed E-state index contributed by atoms with van der Waals surface area (Å²) in [5, 5.41) is 6.76. The molecule has 5 atom stereocenters. The molecular weight excluding hydrogens is 372 g/mol. The fourth-order valence-corrected chi connectivity index (χ4v) is 4.90. The van der Waals surface area contributed by atoms with Crippen molar-refractivity contribution in [1.82, 2.24) is 5.16 Å². The van der Waals surface area contributed by atoms with Crippen LogP contribution in [0.5, 0.6) is 0 Å². The van der Waals surface area contributed by atoms with Gasteiger partial charge < -0.3 is 25.2 Å². The van der Waals surface area contributed by atoms with E-state index in [0.29, 0.717) is 36.3 Å². The average Bonchev–Trinajstić information content (AvgIpc) is 3.03. The second-order valence-corrected chi connectivity index (χ2v) is 7.92. The highest BCUT2D eigenvalue weighted by molar-refractivity contribution is 5.97. The van der Waals surface area contributed by atoms with Gasteiger partial charge in [0.2, 0.25) is 5.72 Å². The smallest absolute Gasteiger partial charge is 0.416 e. The Morgan fingerprint density at radius 2 is 2.07 bits per heavy atom. The first-order valence-electron chi connectivity index (χ1n) is 9.15. The molecule has 3 aliphatic heterocycles. The van der Waals surface area contributed by atoms with Gasteiger partial charge in [0.05, 0.1) is 11.4 Å². The van der Waals surface area contributed by atoms with E-state index in [1.807, 2.05) is 4.90 Å². The lowest BCUT2D eigenvalue weighted by molar-refractivity contribution is 0.0490. The number of rotatable bonds is 2. The molecule has 10 heteroatoms. The van der Waals surface area contributed by atoms with Crippen molar-refractivity contribution in [3.63, 3.8) is 0 Å². The zero-order valence-corrected chi connectivity index (χ0v) is 14.9. The van der Waals surface area contributed by atoms with Crippen LogP contribution in [-0.2, 0) is 10.5 Å². The minimum absolute atomic E-state index is 0.133. The Morgan fingerprint density at radius 3 is 2.79 bits per heavy atom. The van der Waals surface area contributed by atoms with Crippen LogP contribution < -0.4 is 20.9 Å². The predicted molar refractivity (Wildman–Crippen MR) is 93.8 cm³/mol. The van der Waals surface area contributed by atoms with Gasteiger partial charge in [0.1, 0.15) is 23.7 Å². The highest BCUT2D eigenvalue weighted by atomic mass is 19.1. The summed E-state index contributed by atoms with van der Waals surface area (Å²) in [6.45, 7) is 2.91. The van der Waals surface area contributed by atoms with Gasteiger partial charge >= 0.3 is 6.09 Å². The van der Waals surface area contributed by atoms with Crippen LogP contribution in [0.15, 0.2) is 22.9 Å². The second-order valence-electron chi connectivity index (χ2n) is 7.92. The molecule has 1 aromatic heterocycles. The van der Waals surface area contributed by atoms with E-state index < -0.39 is 29.5 Å². The molecule has 6 rings (SSSR count). The van der Waals surface area contributed by atoms with E-state index in [2.05, 4.69) is 10.5 Å². The minimum atomic E-state index is -1.15. The number of nitrogens with one attached hydrogen (secondary N) is 1. The average molecular weight is 389 g/mol. The summed E-state index contributed by atoms with van der Waals surface area (Å²) >= 11 is 0. The molecule has 146 valence electrons. The Bertz CT molecular complexity index is 1020. The molecule has 1 aromatic carbocycles. The molecule has 2 aromatic rings. The number of hydrogen-bond acceptors (Lipinski definition) is 7. The number of fused-ring (bicyclic) bond motifs is 3. The number of benzene rings is 1.